The average Bonchev–Trinajstić information content (AvgIpc) is 3.55. The molecule has 3 heteroatoms. The smallest absolute Gasteiger partial charge is 0.160 e. The van der Waals surface area contributed by atoms with Crippen LogP contribution in [0.15, 0.2) is 150 Å². The molecule has 2 aromatic heterocycles. The molecule has 0 unspecified atom stereocenters. The maximum atomic E-state index is 6.66. The van der Waals surface area contributed by atoms with E-state index < -0.39 is 0 Å². The molecule has 0 radical (unpaired) electrons. The average molecular weight is 501 g/mol. The summed E-state index contributed by atoms with van der Waals surface area (Å²) in [4.78, 5) is 2.37. The van der Waals surface area contributed by atoms with E-state index in [1.165, 1.54) is 5.39 Å². The lowest BCUT2D eigenvalue weighted by molar-refractivity contribution is 0.671. The van der Waals surface area contributed by atoms with E-state index in [1.807, 2.05) is 6.07 Å². The summed E-state index contributed by atoms with van der Waals surface area (Å²) in [5, 5.41) is 4.56. The summed E-state index contributed by atoms with van der Waals surface area (Å²) in [6.07, 6.45) is 0. The first-order chi connectivity index (χ1) is 19.4. The lowest BCUT2D eigenvalue weighted by Gasteiger charge is -2.26. The Hall–Kier alpha value is -5.28. The molecular weight excluding hydrogens is 476 g/mol. The molecular formula is C36H24N2O. The van der Waals surface area contributed by atoms with Gasteiger partial charge in [0.05, 0.1) is 16.7 Å². The number of hydrogen-bond acceptors (Lipinski definition) is 2. The van der Waals surface area contributed by atoms with Crippen LogP contribution in [0.25, 0.3) is 49.4 Å². The molecule has 0 aliphatic carbocycles. The highest BCUT2D eigenvalue weighted by atomic mass is 16.3. The lowest BCUT2D eigenvalue weighted by Crippen LogP contribution is -2.10. The van der Waals surface area contributed by atoms with Crippen LogP contribution >= 0.6 is 0 Å². The third-order valence-corrected chi connectivity index (χ3v) is 7.54. The van der Waals surface area contributed by atoms with Crippen molar-refractivity contribution >= 4 is 60.8 Å². The van der Waals surface area contributed by atoms with Gasteiger partial charge in [0, 0.05) is 38.6 Å². The minimum atomic E-state index is 0.891. The third-order valence-electron chi connectivity index (χ3n) is 7.54. The van der Waals surface area contributed by atoms with Crippen LogP contribution in [0.1, 0.15) is 0 Å². The summed E-state index contributed by atoms with van der Waals surface area (Å²) in [6, 6.07) is 51.1. The van der Waals surface area contributed by atoms with Gasteiger partial charge in [0.1, 0.15) is 5.58 Å². The van der Waals surface area contributed by atoms with E-state index in [0.29, 0.717) is 0 Å². The SMILES string of the molecule is c1ccc(N(c2ccccc2)c2cc3c4ccccc4oc3c3c2c2ccccc2n3-c2ccccc2)cc1. The predicted octanol–water partition coefficient (Wildman–Crippen LogP) is 10.2. The summed E-state index contributed by atoms with van der Waals surface area (Å²) >= 11 is 0. The van der Waals surface area contributed by atoms with E-state index in [-0.39, 0.29) is 0 Å². The molecule has 3 nitrogen and oxygen atoms in total. The van der Waals surface area contributed by atoms with Crippen molar-refractivity contribution in [1.82, 2.24) is 4.57 Å². The molecule has 2 heterocycles. The van der Waals surface area contributed by atoms with Gasteiger partial charge in [-0.3, -0.25) is 0 Å². The molecule has 39 heavy (non-hydrogen) atoms. The fourth-order valence-electron chi connectivity index (χ4n) is 5.91. The number of benzene rings is 6. The number of nitrogens with zero attached hydrogens (tertiary/aromatic N) is 2. The molecule has 6 aromatic carbocycles. The summed E-state index contributed by atoms with van der Waals surface area (Å²) < 4.78 is 9.02. The van der Waals surface area contributed by atoms with Gasteiger partial charge in [0.2, 0.25) is 0 Å². The van der Waals surface area contributed by atoms with Crippen molar-refractivity contribution in [1.29, 1.82) is 0 Å². The van der Waals surface area contributed by atoms with E-state index in [2.05, 4.69) is 149 Å². The Morgan fingerprint density at radius 3 is 1.77 bits per heavy atom. The molecule has 8 aromatic rings. The first kappa shape index (κ1) is 21.8. The molecule has 184 valence electrons. The van der Waals surface area contributed by atoms with Crippen LogP contribution in [0.5, 0.6) is 0 Å². The topological polar surface area (TPSA) is 21.3 Å². The number of rotatable bonds is 4. The number of anilines is 3. The summed E-state index contributed by atoms with van der Waals surface area (Å²) in [5.74, 6) is 0. The van der Waals surface area contributed by atoms with E-state index in [9.17, 15) is 0 Å². The van der Waals surface area contributed by atoms with Crippen molar-refractivity contribution in [2.24, 2.45) is 0 Å². The van der Waals surface area contributed by atoms with Gasteiger partial charge < -0.3 is 13.9 Å². The van der Waals surface area contributed by atoms with Crippen LogP contribution in [-0.4, -0.2) is 4.57 Å². The molecule has 0 fully saturated rings. The van der Waals surface area contributed by atoms with Crippen LogP contribution in [0.2, 0.25) is 0 Å². The molecule has 8 rings (SSSR count). The minimum absolute atomic E-state index is 0.891. The van der Waals surface area contributed by atoms with E-state index >= 15 is 0 Å². The summed E-state index contributed by atoms with van der Waals surface area (Å²) in [6.45, 7) is 0. The zero-order valence-corrected chi connectivity index (χ0v) is 21.2. The van der Waals surface area contributed by atoms with Crippen LogP contribution in [0, 0.1) is 0 Å². The largest absolute Gasteiger partial charge is 0.454 e. The molecule has 0 saturated carbocycles. The van der Waals surface area contributed by atoms with E-state index in [0.717, 1.165) is 61.1 Å². The highest BCUT2D eigenvalue weighted by molar-refractivity contribution is 6.26. The van der Waals surface area contributed by atoms with Gasteiger partial charge >= 0.3 is 0 Å². The second-order valence-corrected chi connectivity index (χ2v) is 9.79. The first-order valence-electron chi connectivity index (χ1n) is 13.2. The van der Waals surface area contributed by atoms with Gasteiger partial charge in [-0.05, 0) is 54.6 Å². The zero-order chi connectivity index (χ0) is 25.8. The highest BCUT2D eigenvalue weighted by Crippen LogP contribution is 2.48. The lowest BCUT2D eigenvalue weighted by atomic mass is 10.0. The zero-order valence-electron chi connectivity index (χ0n) is 21.2. The van der Waals surface area contributed by atoms with Crippen LogP contribution in [0.4, 0.5) is 17.1 Å². The Balaban J connectivity index is 1.63. The second kappa shape index (κ2) is 8.64. The fourth-order valence-corrected chi connectivity index (χ4v) is 5.91. The predicted molar refractivity (Wildman–Crippen MR) is 163 cm³/mol. The molecule has 0 aliphatic rings. The maximum absolute atomic E-state index is 6.66. The Morgan fingerprint density at radius 2 is 1.08 bits per heavy atom. The summed E-state index contributed by atoms with van der Waals surface area (Å²) in [5.41, 5.74) is 8.44. The van der Waals surface area contributed by atoms with Crippen molar-refractivity contribution in [2.75, 3.05) is 4.90 Å². The second-order valence-electron chi connectivity index (χ2n) is 9.79. The molecule has 0 aliphatic heterocycles. The quantitative estimate of drug-likeness (QED) is 0.240. The van der Waals surface area contributed by atoms with Gasteiger partial charge in [-0.1, -0.05) is 91.0 Å². The van der Waals surface area contributed by atoms with Crippen molar-refractivity contribution in [3.63, 3.8) is 0 Å². The number of fused-ring (bicyclic) bond motifs is 7. The van der Waals surface area contributed by atoms with Crippen LogP contribution in [-0.2, 0) is 0 Å². The van der Waals surface area contributed by atoms with Gasteiger partial charge in [-0.25, -0.2) is 0 Å². The fraction of sp³-hybridized carbons (Fsp3) is 0. The monoisotopic (exact) mass is 500 g/mol. The van der Waals surface area contributed by atoms with Crippen LogP contribution in [0.3, 0.4) is 0 Å². The van der Waals surface area contributed by atoms with E-state index in [1.54, 1.807) is 0 Å². The van der Waals surface area contributed by atoms with Gasteiger partial charge in [-0.15, -0.1) is 0 Å². The standard InChI is InChI=1S/C36H24N2O/c1-4-14-25(15-5-1)37(26-16-6-2-7-17-26)32-24-30-28-20-11-13-23-33(28)39-36(30)35-34(32)29-21-10-12-22-31(29)38(35)27-18-8-3-9-19-27/h1-24H. The Labute approximate surface area is 225 Å². The van der Waals surface area contributed by atoms with Gasteiger partial charge in [0.25, 0.3) is 0 Å². The van der Waals surface area contributed by atoms with Crippen molar-refractivity contribution in [3.8, 4) is 5.69 Å². The normalized spacial score (nSPS) is 11.6. The Morgan fingerprint density at radius 1 is 0.513 bits per heavy atom. The Bertz CT molecular complexity index is 2070. The third kappa shape index (κ3) is 3.30. The number of aromatic nitrogens is 1. The molecule has 0 atom stereocenters. The van der Waals surface area contributed by atoms with Crippen molar-refractivity contribution in [2.45, 2.75) is 0 Å². The number of para-hydroxylation sites is 5. The molecule has 0 spiro atoms. The molecule has 0 amide bonds. The maximum Gasteiger partial charge on any atom is 0.160 e. The summed E-state index contributed by atoms with van der Waals surface area (Å²) in [7, 11) is 0. The van der Waals surface area contributed by atoms with Crippen LogP contribution < -0.4 is 4.90 Å². The Kier molecular flexibility index (Phi) is 4.82. The molecule has 0 bridgehead atoms. The van der Waals surface area contributed by atoms with Crippen molar-refractivity contribution < 1.29 is 4.42 Å². The van der Waals surface area contributed by atoms with Crippen molar-refractivity contribution in [3.05, 3.63) is 146 Å². The molecule has 0 N–H and O–H groups in total. The number of furan rings is 1. The van der Waals surface area contributed by atoms with Gasteiger partial charge in [0.15, 0.2) is 5.58 Å². The van der Waals surface area contributed by atoms with Gasteiger partial charge in [-0.2, -0.15) is 0 Å². The molecule has 0 saturated heterocycles. The van der Waals surface area contributed by atoms with E-state index in [4.69, 9.17) is 4.42 Å². The first-order valence-corrected chi connectivity index (χ1v) is 13.2. The number of hydrogen-bond donors (Lipinski definition) is 0. The highest BCUT2D eigenvalue weighted by Gasteiger charge is 2.25. The minimum Gasteiger partial charge on any atom is -0.454 e.